The summed E-state index contributed by atoms with van der Waals surface area (Å²) in [6, 6.07) is 5.49. The number of aliphatic imine (C=N–C) groups is 1. The van der Waals surface area contributed by atoms with E-state index in [0.717, 1.165) is 11.5 Å². The van der Waals surface area contributed by atoms with Gasteiger partial charge in [0.1, 0.15) is 5.60 Å². The molecular weight excluding hydrogens is 348 g/mol. The lowest BCUT2D eigenvalue weighted by Crippen LogP contribution is -2.57. The second-order valence-corrected chi connectivity index (χ2v) is 7.80. The maximum Gasteiger partial charge on any atom is 0.410 e. The van der Waals surface area contributed by atoms with Crippen LogP contribution in [-0.2, 0) is 11.3 Å². The van der Waals surface area contributed by atoms with E-state index in [4.69, 9.17) is 9.47 Å². The smallest absolute Gasteiger partial charge is 0.410 e. The standard InChI is InChI=1S/C19H28N4O4/c1-19(2,3)27-18(25)22-7-8-23-14(12-22)11-21-17(23)20-10-13-5-6-16(26-4)15(24)9-13/h5-6,9,14,24H,7-8,10-12H2,1-4H3,(H,20,21). The molecule has 8 heteroatoms. The lowest BCUT2D eigenvalue weighted by molar-refractivity contribution is 0.0137. The molecule has 2 heterocycles. The molecule has 8 nitrogen and oxygen atoms in total. The largest absolute Gasteiger partial charge is 0.504 e. The molecule has 0 bridgehead atoms. The molecule has 0 aliphatic carbocycles. The Balaban J connectivity index is 1.53. The quantitative estimate of drug-likeness (QED) is 0.836. The topological polar surface area (TPSA) is 86.6 Å². The van der Waals surface area contributed by atoms with E-state index in [-0.39, 0.29) is 17.9 Å². The van der Waals surface area contributed by atoms with E-state index in [1.165, 1.54) is 7.11 Å². The molecule has 1 aromatic rings. The summed E-state index contributed by atoms with van der Waals surface area (Å²) < 4.78 is 10.5. The van der Waals surface area contributed by atoms with Crippen LogP contribution in [0.3, 0.4) is 0 Å². The van der Waals surface area contributed by atoms with Crippen molar-refractivity contribution in [1.82, 2.24) is 15.1 Å². The van der Waals surface area contributed by atoms with Crippen LogP contribution in [0.2, 0.25) is 0 Å². The fourth-order valence-electron chi connectivity index (χ4n) is 3.25. The van der Waals surface area contributed by atoms with Gasteiger partial charge in [0.2, 0.25) is 0 Å². The lowest BCUT2D eigenvalue weighted by atomic mass is 10.2. The summed E-state index contributed by atoms with van der Waals surface area (Å²) in [5.41, 5.74) is 0.448. The third kappa shape index (κ3) is 4.56. The Hall–Kier alpha value is -2.64. The first kappa shape index (κ1) is 19.1. The van der Waals surface area contributed by atoms with Crippen LogP contribution in [0.15, 0.2) is 23.2 Å². The fraction of sp³-hybridized carbons (Fsp3) is 0.579. The van der Waals surface area contributed by atoms with Gasteiger partial charge in [0.15, 0.2) is 17.5 Å². The number of guanidine groups is 1. The number of aromatic hydroxyl groups is 1. The molecule has 0 radical (unpaired) electrons. The zero-order valence-corrected chi connectivity index (χ0v) is 16.4. The highest BCUT2D eigenvalue weighted by Crippen LogP contribution is 2.26. The van der Waals surface area contributed by atoms with Crippen LogP contribution in [0.5, 0.6) is 11.5 Å². The molecule has 0 spiro atoms. The Morgan fingerprint density at radius 3 is 2.81 bits per heavy atom. The number of benzene rings is 1. The number of rotatable bonds is 3. The minimum Gasteiger partial charge on any atom is -0.504 e. The molecule has 0 saturated carbocycles. The molecular formula is C19H28N4O4. The molecule has 1 saturated heterocycles. The van der Waals surface area contributed by atoms with Gasteiger partial charge in [-0.1, -0.05) is 6.07 Å². The van der Waals surface area contributed by atoms with Crippen molar-refractivity contribution in [3.05, 3.63) is 23.8 Å². The van der Waals surface area contributed by atoms with Crippen LogP contribution in [-0.4, -0.2) is 71.9 Å². The van der Waals surface area contributed by atoms with E-state index < -0.39 is 5.60 Å². The summed E-state index contributed by atoms with van der Waals surface area (Å²) in [5, 5.41) is 13.2. The zero-order valence-electron chi connectivity index (χ0n) is 16.4. The molecule has 27 heavy (non-hydrogen) atoms. The van der Waals surface area contributed by atoms with Crippen LogP contribution in [0.25, 0.3) is 0 Å². The Bertz CT molecular complexity index is 729. The van der Waals surface area contributed by atoms with Crippen molar-refractivity contribution in [2.24, 2.45) is 4.99 Å². The number of piperazine rings is 1. The zero-order chi connectivity index (χ0) is 19.6. The van der Waals surface area contributed by atoms with Gasteiger partial charge in [0.05, 0.1) is 19.7 Å². The molecule has 3 rings (SSSR count). The minimum atomic E-state index is -0.489. The summed E-state index contributed by atoms with van der Waals surface area (Å²) in [5.74, 6) is 1.41. The molecule has 1 fully saturated rings. The number of hydrogen-bond acceptors (Lipinski definition) is 7. The minimum absolute atomic E-state index is 0.119. The van der Waals surface area contributed by atoms with Gasteiger partial charge in [-0.15, -0.1) is 0 Å². The number of nitrogens with one attached hydrogen (secondary N) is 1. The maximum absolute atomic E-state index is 12.3. The van der Waals surface area contributed by atoms with Crippen LogP contribution in [0, 0.1) is 0 Å². The normalized spacial score (nSPS) is 19.4. The van der Waals surface area contributed by atoms with E-state index in [0.29, 0.717) is 38.5 Å². The SMILES string of the molecule is COc1ccc(CNC2=NCC3CN(C(=O)OC(C)(C)C)CCN23)cc1O. The Labute approximate surface area is 159 Å². The van der Waals surface area contributed by atoms with E-state index in [1.807, 2.05) is 26.8 Å². The molecule has 1 aromatic carbocycles. The van der Waals surface area contributed by atoms with Gasteiger partial charge in [0, 0.05) is 26.2 Å². The lowest BCUT2D eigenvalue weighted by Gasteiger charge is -2.39. The number of carbonyl (C=O) groups excluding carboxylic acids is 1. The predicted molar refractivity (Wildman–Crippen MR) is 102 cm³/mol. The number of nitrogens with zero attached hydrogens (tertiary/aromatic N) is 3. The molecule has 2 N–H and O–H groups in total. The summed E-state index contributed by atoms with van der Waals surface area (Å²) in [6.45, 7) is 8.74. The summed E-state index contributed by atoms with van der Waals surface area (Å²) in [7, 11) is 1.53. The average Bonchev–Trinajstić information content (AvgIpc) is 3.01. The maximum atomic E-state index is 12.3. The third-order valence-corrected chi connectivity index (χ3v) is 4.55. The van der Waals surface area contributed by atoms with Crippen molar-refractivity contribution in [2.75, 3.05) is 33.3 Å². The van der Waals surface area contributed by atoms with Crippen molar-refractivity contribution in [1.29, 1.82) is 0 Å². The summed E-state index contributed by atoms with van der Waals surface area (Å²) >= 11 is 0. The monoisotopic (exact) mass is 376 g/mol. The third-order valence-electron chi connectivity index (χ3n) is 4.55. The van der Waals surface area contributed by atoms with Gasteiger partial charge >= 0.3 is 6.09 Å². The van der Waals surface area contributed by atoms with Gasteiger partial charge in [-0.3, -0.25) is 4.99 Å². The molecule has 1 unspecified atom stereocenters. The predicted octanol–water partition coefficient (Wildman–Crippen LogP) is 1.78. The first-order chi connectivity index (χ1) is 12.8. The number of carbonyl (C=O) groups is 1. The van der Waals surface area contributed by atoms with E-state index >= 15 is 0 Å². The van der Waals surface area contributed by atoms with Crippen molar-refractivity contribution < 1.29 is 19.4 Å². The number of fused-ring (bicyclic) bond motifs is 1. The number of methoxy groups -OCH3 is 1. The van der Waals surface area contributed by atoms with Crippen molar-refractivity contribution in [2.45, 2.75) is 39.0 Å². The Morgan fingerprint density at radius 1 is 1.37 bits per heavy atom. The summed E-state index contributed by atoms with van der Waals surface area (Å²) in [6.07, 6.45) is -0.266. The highest BCUT2D eigenvalue weighted by atomic mass is 16.6. The van der Waals surface area contributed by atoms with Crippen LogP contribution < -0.4 is 10.1 Å². The molecule has 148 valence electrons. The van der Waals surface area contributed by atoms with Gasteiger partial charge < -0.3 is 29.7 Å². The molecule has 0 aromatic heterocycles. The second kappa shape index (κ2) is 7.54. The van der Waals surface area contributed by atoms with Crippen LogP contribution >= 0.6 is 0 Å². The number of ether oxygens (including phenoxy) is 2. The Morgan fingerprint density at radius 2 is 2.15 bits per heavy atom. The number of phenolic OH excluding ortho intramolecular Hbond substituents is 1. The van der Waals surface area contributed by atoms with Crippen molar-refractivity contribution in [3.63, 3.8) is 0 Å². The highest BCUT2D eigenvalue weighted by molar-refractivity contribution is 5.82. The number of phenols is 1. The highest BCUT2D eigenvalue weighted by Gasteiger charge is 2.36. The molecule has 1 atom stereocenters. The Kier molecular flexibility index (Phi) is 5.34. The van der Waals surface area contributed by atoms with Crippen molar-refractivity contribution >= 4 is 12.1 Å². The second-order valence-electron chi connectivity index (χ2n) is 7.80. The van der Waals surface area contributed by atoms with Gasteiger partial charge in [-0.25, -0.2) is 4.79 Å². The van der Waals surface area contributed by atoms with Gasteiger partial charge in [-0.05, 0) is 38.5 Å². The number of hydrogen-bond donors (Lipinski definition) is 2. The van der Waals surface area contributed by atoms with E-state index in [9.17, 15) is 9.90 Å². The summed E-state index contributed by atoms with van der Waals surface area (Å²) in [4.78, 5) is 20.8. The van der Waals surface area contributed by atoms with Gasteiger partial charge in [0.25, 0.3) is 0 Å². The first-order valence-electron chi connectivity index (χ1n) is 9.15. The van der Waals surface area contributed by atoms with Crippen molar-refractivity contribution in [3.8, 4) is 11.5 Å². The van der Waals surface area contributed by atoms with Crippen LogP contribution in [0.1, 0.15) is 26.3 Å². The molecule has 2 aliphatic heterocycles. The average molecular weight is 376 g/mol. The fourth-order valence-corrected chi connectivity index (χ4v) is 3.25. The molecule has 1 amide bonds. The van der Waals surface area contributed by atoms with Crippen LogP contribution in [0.4, 0.5) is 4.79 Å². The number of amides is 1. The van der Waals surface area contributed by atoms with Gasteiger partial charge in [-0.2, -0.15) is 0 Å². The first-order valence-corrected chi connectivity index (χ1v) is 9.15. The molecule has 2 aliphatic rings. The van der Waals surface area contributed by atoms with E-state index in [2.05, 4.69) is 15.2 Å². The van der Waals surface area contributed by atoms with E-state index in [1.54, 1.807) is 17.0 Å².